The van der Waals surface area contributed by atoms with Gasteiger partial charge in [-0.1, -0.05) is 37.3 Å². The molecule has 1 aromatic heterocycles. The van der Waals surface area contributed by atoms with Gasteiger partial charge in [-0.2, -0.15) is 0 Å². The van der Waals surface area contributed by atoms with E-state index >= 15 is 0 Å². The summed E-state index contributed by atoms with van der Waals surface area (Å²) in [5.74, 6) is 1.38. The van der Waals surface area contributed by atoms with Crippen molar-refractivity contribution in [1.29, 1.82) is 0 Å². The summed E-state index contributed by atoms with van der Waals surface area (Å²) < 4.78 is 0. The van der Waals surface area contributed by atoms with E-state index < -0.39 is 0 Å². The first-order valence-corrected chi connectivity index (χ1v) is 8.50. The molecule has 2 aromatic rings. The molecule has 1 aromatic carbocycles. The highest BCUT2D eigenvalue weighted by molar-refractivity contribution is 5.93. The Morgan fingerprint density at radius 3 is 2.42 bits per heavy atom. The molecule has 1 aliphatic rings. The van der Waals surface area contributed by atoms with E-state index in [1.807, 2.05) is 35.0 Å². The molecule has 0 N–H and O–H groups in total. The van der Waals surface area contributed by atoms with Gasteiger partial charge in [-0.25, -0.2) is 9.97 Å². The fraction of sp³-hybridized carbons (Fsp3) is 0.421. The normalized spacial score (nSPS) is 15.3. The average molecular weight is 324 g/mol. The maximum absolute atomic E-state index is 12.5. The minimum absolute atomic E-state index is 0.0409. The standard InChI is InChI=1S/C19H24N4O/c1-15-8-10-23(11-9-15)18(24)17-12-20-19(21-13-17)22(2)14-16-6-4-3-5-7-16/h3-7,12-13,15H,8-11,14H2,1-2H3. The number of carbonyl (C=O) groups is 1. The van der Waals surface area contributed by atoms with E-state index in [0.717, 1.165) is 32.5 Å². The number of nitrogens with zero attached hydrogens (tertiary/aromatic N) is 4. The van der Waals surface area contributed by atoms with Gasteiger partial charge in [0.05, 0.1) is 5.56 Å². The van der Waals surface area contributed by atoms with Crippen LogP contribution in [0.4, 0.5) is 5.95 Å². The van der Waals surface area contributed by atoms with Crippen molar-refractivity contribution in [1.82, 2.24) is 14.9 Å². The van der Waals surface area contributed by atoms with Gasteiger partial charge < -0.3 is 9.80 Å². The van der Waals surface area contributed by atoms with E-state index in [9.17, 15) is 4.79 Å². The van der Waals surface area contributed by atoms with Gasteiger partial charge in [-0.05, 0) is 24.3 Å². The van der Waals surface area contributed by atoms with Gasteiger partial charge in [0.25, 0.3) is 5.91 Å². The molecule has 126 valence electrons. The number of rotatable bonds is 4. The zero-order valence-electron chi connectivity index (χ0n) is 14.4. The molecule has 0 aliphatic carbocycles. The minimum Gasteiger partial charge on any atom is -0.340 e. The van der Waals surface area contributed by atoms with Crippen LogP contribution in [0.3, 0.4) is 0 Å². The zero-order valence-corrected chi connectivity index (χ0v) is 14.4. The first kappa shape index (κ1) is 16.4. The number of likely N-dealkylation sites (tertiary alicyclic amines) is 1. The summed E-state index contributed by atoms with van der Waals surface area (Å²) in [4.78, 5) is 25.1. The lowest BCUT2D eigenvalue weighted by Gasteiger charge is -2.30. The van der Waals surface area contributed by atoms with Gasteiger partial charge in [0.2, 0.25) is 5.95 Å². The third-order valence-corrected chi connectivity index (χ3v) is 4.56. The molecule has 5 heteroatoms. The molecule has 24 heavy (non-hydrogen) atoms. The Labute approximate surface area is 143 Å². The Bertz CT molecular complexity index is 664. The topological polar surface area (TPSA) is 49.3 Å². The summed E-state index contributed by atoms with van der Waals surface area (Å²) in [6.45, 7) is 4.63. The van der Waals surface area contributed by atoms with Crippen LogP contribution in [0.5, 0.6) is 0 Å². The number of anilines is 1. The molecule has 0 radical (unpaired) electrons. The zero-order chi connectivity index (χ0) is 16.9. The lowest BCUT2D eigenvalue weighted by molar-refractivity contribution is 0.0696. The van der Waals surface area contributed by atoms with Gasteiger partial charge >= 0.3 is 0 Å². The number of carbonyl (C=O) groups excluding carboxylic acids is 1. The predicted molar refractivity (Wildman–Crippen MR) is 94.9 cm³/mol. The van der Waals surface area contributed by atoms with E-state index in [0.29, 0.717) is 17.4 Å². The largest absolute Gasteiger partial charge is 0.340 e. The summed E-state index contributed by atoms with van der Waals surface area (Å²) in [6.07, 6.45) is 5.43. The van der Waals surface area contributed by atoms with Crippen LogP contribution in [0, 0.1) is 5.92 Å². The van der Waals surface area contributed by atoms with Crippen molar-refractivity contribution < 1.29 is 4.79 Å². The molecule has 1 saturated heterocycles. The second-order valence-corrected chi connectivity index (χ2v) is 6.59. The summed E-state index contributed by atoms with van der Waals surface area (Å²) in [5.41, 5.74) is 1.77. The van der Waals surface area contributed by atoms with Gasteiger partial charge in [0, 0.05) is 39.1 Å². The van der Waals surface area contributed by atoms with Gasteiger partial charge in [-0.15, -0.1) is 0 Å². The van der Waals surface area contributed by atoms with Crippen molar-refractivity contribution >= 4 is 11.9 Å². The molecule has 5 nitrogen and oxygen atoms in total. The Kier molecular flexibility index (Phi) is 5.08. The van der Waals surface area contributed by atoms with Gasteiger partial charge in [-0.3, -0.25) is 4.79 Å². The molecule has 0 unspecified atom stereocenters. The van der Waals surface area contributed by atoms with Crippen LogP contribution in [0.1, 0.15) is 35.7 Å². The predicted octanol–water partition coefficient (Wildman–Crippen LogP) is 2.99. The quantitative estimate of drug-likeness (QED) is 0.867. The van der Waals surface area contributed by atoms with Crippen LogP contribution in [0.15, 0.2) is 42.7 Å². The first-order chi connectivity index (χ1) is 11.6. The van der Waals surface area contributed by atoms with Crippen LogP contribution in [-0.4, -0.2) is 40.9 Å². The van der Waals surface area contributed by atoms with Crippen molar-refractivity contribution in [3.8, 4) is 0 Å². The van der Waals surface area contributed by atoms with Crippen LogP contribution in [0.25, 0.3) is 0 Å². The average Bonchev–Trinajstić information content (AvgIpc) is 2.63. The number of hydrogen-bond donors (Lipinski definition) is 0. The second-order valence-electron chi connectivity index (χ2n) is 6.59. The number of benzene rings is 1. The van der Waals surface area contributed by atoms with E-state index in [-0.39, 0.29) is 5.91 Å². The van der Waals surface area contributed by atoms with E-state index in [2.05, 4.69) is 29.0 Å². The number of amides is 1. The summed E-state index contributed by atoms with van der Waals surface area (Å²) in [6, 6.07) is 10.2. The molecule has 3 rings (SSSR count). The smallest absolute Gasteiger partial charge is 0.256 e. The number of hydrogen-bond acceptors (Lipinski definition) is 4. The van der Waals surface area contributed by atoms with E-state index in [4.69, 9.17) is 0 Å². The monoisotopic (exact) mass is 324 g/mol. The molecule has 1 aliphatic heterocycles. The Hall–Kier alpha value is -2.43. The SMILES string of the molecule is CC1CCN(C(=O)c2cnc(N(C)Cc3ccccc3)nc2)CC1. The third-order valence-electron chi connectivity index (χ3n) is 4.56. The molecule has 0 atom stereocenters. The van der Waals surface area contributed by atoms with Crippen molar-refractivity contribution in [3.05, 3.63) is 53.9 Å². The molecule has 0 saturated carbocycles. The Morgan fingerprint density at radius 1 is 1.17 bits per heavy atom. The Balaban J connectivity index is 1.63. The molecule has 1 amide bonds. The van der Waals surface area contributed by atoms with Crippen LogP contribution in [-0.2, 0) is 6.54 Å². The summed E-state index contributed by atoms with van der Waals surface area (Å²) in [5, 5.41) is 0. The highest BCUT2D eigenvalue weighted by Crippen LogP contribution is 2.18. The summed E-state index contributed by atoms with van der Waals surface area (Å²) >= 11 is 0. The Morgan fingerprint density at radius 2 is 1.79 bits per heavy atom. The fourth-order valence-electron chi connectivity index (χ4n) is 2.95. The maximum Gasteiger partial charge on any atom is 0.256 e. The van der Waals surface area contributed by atoms with Crippen molar-refractivity contribution in [2.45, 2.75) is 26.3 Å². The lowest BCUT2D eigenvalue weighted by Crippen LogP contribution is -2.38. The third kappa shape index (κ3) is 3.91. The second kappa shape index (κ2) is 7.43. The highest BCUT2D eigenvalue weighted by Gasteiger charge is 2.22. The maximum atomic E-state index is 12.5. The van der Waals surface area contributed by atoms with E-state index in [1.165, 1.54) is 5.56 Å². The molecule has 0 spiro atoms. The fourth-order valence-corrected chi connectivity index (χ4v) is 2.95. The molecule has 2 heterocycles. The van der Waals surface area contributed by atoms with Gasteiger partial charge in [0.1, 0.15) is 0 Å². The number of piperidine rings is 1. The van der Waals surface area contributed by atoms with Crippen LogP contribution >= 0.6 is 0 Å². The number of aromatic nitrogens is 2. The lowest BCUT2D eigenvalue weighted by atomic mass is 9.99. The van der Waals surface area contributed by atoms with Crippen LogP contribution in [0.2, 0.25) is 0 Å². The molecule has 1 fully saturated rings. The van der Waals surface area contributed by atoms with Crippen molar-refractivity contribution in [2.75, 3.05) is 25.0 Å². The van der Waals surface area contributed by atoms with Crippen molar-refractivity contribution in [3.63, 3.8) is 0 Å². The van der Waals surface area contributed by atoms with Gasteiger partial charge in [0.15, 0.2) is 0 Å². The molecular formula is C19H24N4O. The van der Waals surface area contributed by atoms with Crippen molar-refractivity contribution in [2.24, 2.45) is 5.92 Å². The molecule has 0 bridgehead atoms. The van der Waals surface area contributed by atoms with E-state index in [1.54, 1.807) is 12.4 Å². The first-order valence-electron chi connectivity index (χ1n) is 8.50. The molecular weight excluding hydrogens is 300 g/mol. The minimum atomic E-state index is 0.0409. The van der Waals surface area contributed by atoms with Crippen LogP contribution < -0.4 is 4.90 Å². The summed E-state index contributed by atoms with van der Waals surface area (Å²) in [7, 11) is 1.95. The highest BCUT2D eigenvalue weighted by atomic mass is 16.2.